The van der Waals surface area contributed by atoms with Gasteiger partial charge in [-0.1, -0.05) is 18.2 Å². The predicted molar refractivity (Wildman–Crippen MR) is 107 cm³/mol. The van der Waals surface area contributed by atoms with E-state index in [4.69, 9.17) is 0 Å². The van der Waals surface area contributed by atoms with Gasteiger partial charge in [-0.2, -0.15) is 10.2 Å². The molecule has 0 bridgehead atoms. The number of rotatable bonds is 5. The highest BCUT2D eigenvalue weighted by Crippen LogP contribution is 2.18. The number of para-hydroxylation sites is 1. The fraction of sp³-hybridized carbons (Fsp3) is 0.143. The molecule has 0 aliphatic rings. The SMILES string of the molecule is CCN(C(=O)Cn1ncn2nc(-c3ccc(F)cc3)cc2c1=O)c1ccccc1. The van der Waals surface area contributed by atoms with Gasteiger partial charge in [0.1, 0.15) is 24.2 Å². The molecule has 29 heavy (non-hydrogen) atoms. The minimum absolute atomic E-state index is 0.185. The summed E-state index contributed by atoms with van der Waals surface area (Å²) in [7, 11) is 0. The molecule has 1 amide bonds. The van der Waals surface area contributed by atoms with Crippen LogP contribution < -0.4 is 10.5 Å². The maximum absolute atomic E-state index is 13.1. The van der Waals surface area contributed by atoms with Crippen LogP contribution in [-0.4, -0.2) is 31.8 Å². The van der Waals surface area contributed by atoms with Crippen LogP contribution in [0.5, 0.6) is 0 Å². The van der Waals surface area contributed by atoms with E-state index in [0.717, 1.165) is 10.4 Å². The molecule has 2 aromatic carbocycles. The highest BCUT2D eigenvalue weighted by molar-refractivity contribution is 5.93. The van der Waals surface area contributed by atoms with Crippen LogP contribution in [0.25, 0.3) is 16.8 Å². The largest absolute Gasteiger partial charge is 0.311 e. The molecule has 0 spiro atoms. The second kappa shape index (κ2) is 7.67. The molecule has 0 aliphatic carbocycles. The molecule has 4 rings (SSSR count). The van der Waals surface area contributed by atoms with E-state index in [-0.39, 0.29) is 23.8 Å². The van der Waals surface area contributed by atoms with E-state index in [1.807, 2.05) is 37.3 Å². The highest BCUT2D eigenvalue weighted by Gasteiger charge is 2.17. The van der Waals surface area contributed by atoms with E-state index in [1.165, 1.54) is 23.0 Å². The van der Waals surface area contributed by atoms with Gasteiger partial charge in [-0.3, -0.25) is 9.59 Å². The summed E-state index contributed by atoms with van der Waals surface area (Å²) in [6.07, 6.45) is 1.38. The van der Waals surface area contributed by atoms with E-state index in [0.29, 0.717) is 17.8 Å². The second-order valence-electron chi connectivity index (χ2n) is 6.43. The number of carbonyl (C=O) groups is 1. The lowest BCUT2D eigenvalue weighted by Gasteiger charge is -2.21. The van der Waals surface area contributed by atoms with Crippen LogP contribution in [0.2, 0.25) is 0 Å². The highest BCUT2D eigenvalue weighted by atomic mass is 19.1. The average molecular weight is 391 g/mol. The Bertz CT molecular complexity index is 1220. The first-order valence-corrected chi connectivity index (χ1v) is 9.13. The van der Waals surface area contributed by atoms with E-state index in [1.54, 1.807) is 23.1 Å². The number of likely N-dealkylation sites (N-methyl/N-ethyl adjacent to an activating group) is 1. The molecule has 0 aliphatic heterocycles. The number of hydrogen-bond acceptors (Lipinski definition) is 4. The quantitative estimate of drug-likeness (QED) is 0.524. The lowest BCUT2D eigenvalue weighted by atomic mass is 10.1. The minimum Gasteiger partial charge on any atom is -0.311 e. The van der Waals surface area contributed by atoms with Crippen molar-refractivity contribution in [3.8, 4) is 11.3 Å². The summed E-state index contributed by atoms with van der Waals surface area (Å²) in [6, 6.07) is 16.7. The topological polar surface area (TPSA) is 72.5 Å². The maximum atomic E-state index is 13.1. The van der Waals surface area contributed by atoms with Gasteiger partial charge in [-0.05, 0) is 49.4 Å². The van der Waals surface area contributed by atoms with Crippen LogP contribution >= 0.6 is 0 Å². The fourth-order valence-corrected chi connectivity index (χ4v) is 3.14. The Balaban J connectivity index is 1.64. The van der Waals surface area contributed by atoms with Crippen molar-refractivity contribution in [1.82, 2.24) is 19.4 Å². The molecule has 0 unspecified atom stereocenters. The van der Waals surface area contributed by atoms with Gasteiger partial charge in [0.25, 0.3) is 5.56 Å². The first kappa shape index (κ1) is 18.5. The Labute approximate surface area is 165 Å². The van der Waals surface area contributed by atoms with Crippen LogP contribution in [0.1, 0.15) is 6.92 Å². The first-order chi connectivity index (χ1) is 14.1. The monoisotopic (exact) mass is 391 g/mol. The summed E-state index contributed by atoms with van der Waals surface area (Å²) >= 11 is 0. The molecule has 0 fully saturated rings. The zero-order valence-electron chi connectivity index (χ0n) is 15.7. The van der Waals surface area contributed by atoms with E-state index in [9.17, 15) is 14.0 Å². The molecule has 0 atom stereocenters. The molecule has 0 saturated heterocycles. The van der Waals surface area contributed by atoms with E-state index < -0.39 is 5.56 Å². The van der Waals surface area contributed by atoms with Crippen molar-refractivity contribution in [3.05, 3.63) is 83.2 Å². The Morgan fingerprint density at radius 2 is 1.83 bits per heavy atom. The number of halogens is 1. The van der Waals surface area contributed by atoms with Gasteiger partial charge in [0, 0.05) is 17.8 Å². The van der Waals surface area contributed by atoms with Gasteiger partial charge in [0.2, 0.25) is 5.91 Å². The van der Waals surface area contributed by atoms with Crippen LogP contribution in [0.3, 0.4) is 0 Å². The molecule has 4 aromatic rings. The number of aromatic nitrogens is 4. The van der Waals surface area contributed by atoms with Crippen LogP contribution in [0, 0.1) is 5.82 Å². The summed E-state index contributed by atoms with van der Waals surface area (Å²) in [5.41, 5.74) is 1.82. The van der Waals surface area contributed by atoms with Gasteiger partial charge >= 0.3 is 0 Å². The Hall–Kier alpha value is -3.81. The summed E-state index contributed by atoms with van der Waals surface area (Å²) in [6.45, 7) is 2.16. The van der Waals surface area contributed by atoms with Crippen molar-refractivity contribution >= 4 is 17.1 Å². The number of carbonyl (C=O) groups excluding carboxylic acids is 1. The number of fused-ring (bicyclic) bond motifs is 1. The number of benzene rings is 2. The molecule has 8 heteroatoms. The number of anilines is 1. The summed E-state index contributed by atoms with van der Waals surface area (Å²) in [5.74, 6) is -0.588. The normalized spacial score (nSPS) is 11.0. The molecule has 2 heterocycles. The predicted octanol–water partition coefficient (Wildman–Crippen LogP) is 2.75. The molecule has 0 saturated carbocycles. The smallest absolute Gasteiger partial charge is 0.293 e. The van der Waals surface area contributed by atoms with E-state index >= 15 is 0 Å². The summed E-state index contributed by atoms with van der Waals surface area (Å²) in [5, 5.41) is 8.39. The van der Waals surface area contributed by atoms with Crippen molar-refractivity contribution in [1.29, 1.82) is 0 Å². The van der Waals surface area contributed by atoms with Crippen molar-refractivity contribution in [2.24, 2.45) is 0 Å². The number of hydrogen-bond donors (Lipinski definition) is 0. The van der Waals surface area contributed by atoms with Crippen LogP contribution in [-0.2, 0) is 11.3 Å². The Morgan fingerprint density at radius 3 is 2.52 bits per heavy atom. The van der Waals surface area contributed by atoms with Crippen molar-refractivity contribution < 1.29 is 9.18 Å². The number of nitrogens with zero attached hydrogens (tertiary/aromatic N) is 5. The lowest BCUT2D eigenvalue weighted by molar-refractivity contribution is -0.119. The van der Waals surface area contributed by atoms with Gasteiger partial charge in [0.05, 0.1) is 5.69 Å². The zero-order valence-corrected chi connectivity index (χ0v) is 15.7. The molecule has 7 nitrogen and oxygen atoms in total. The third kappa shape index (κ3) is 3.64. The Kier molecular flexibility index (Phi) is 4.90. The van der Waals surface area contributed by atoms with Crippen LogP contribution in [0.4, 0.5) is 10.1 Å². The van der Waals surface area contributed by atoms with E-state index in [2.05, 4.69) is 10.2 Å². The second-order valence-corrected chi connectivity index (χ2v) is 6.43. The molecular weight excluding hydrogens is 373 g/mol. The number of amides is 1. The fourth-order valence-electron chi connectivity index (χ4n) is 3.14. The van der Waals surface area contributed by atoms with Gasteiger partial charge in [-0.15, -0.1) is 0 Å². The molecule has 2 aromatic heterocycles. The van der Waals surface area contributed by atoms with Gasteiger partial charge in [0.15, 0.2) is 0 Å². The minimum atomic E-state index is -0.425. The molecular formula is C21H18FN5O2. The molecule has 146 valence electrons. The molecule has 0 N–H and O–H groups in total. The van der Waals surface area contributed by atoms with Crippen molar-refractivity contribution in [2.75, 3.05) is 11.4 Å². The molecule has 0 radical (unpaired) electrons. The maximum Gasteiger partial charge on any atom is 0.293 e. The third-order valence-corrected chi connectivity index (χ3v) is 4.60. The first-order valence-electron chi connectivity index (χ1n) is 9.13. The average Bonchev–Trinajstić information content (AvgIpc) is 3.17. The Morgan fingerprint density at radius 1 is 1.10 bits per heavy atom. The summed E-state index contributed by atoms with van der Waals surface area (Å²) < 4.78 is 15.6. The lowest BCUT2D eigenvalue weighted by Crippen LogP contribution is -2.37. The van der Waals surface area contributed by atoms with Crippen molar-refractivity contribution in [2.45, 2.75) is 13.5 Å². The van der Waals surface area contributed by atoms with Gasteiger partial charge in [-0.25, -0.2) is 13.6 Å². The van der Waals surface area contributed by atoms with Crippen molar-refractivity contribution in [3.63, 3.8) is 0 Å². The third-order valence-electron chi connectivity index (χ3n) is 4.60. The van der Waals surface area contributed by atoms with Crippen LogP contribution in [0.15, 0.2) is 71.8 Å². The van der Waals surface area contributed by atoms with Gasteiger partial charge < -0.3 is 4.90 Å². The zero-order chi connectivity index (χ0) is 20.4. The summed E-state index contributed by atoms with van der Waals surface area (Å²) in [4.78, 5) is 27.2. The standard InChI is InChI=1S/C21H18FN5O2/c1-2-25(17-6-4-3-5-7-17)20(28)13-26-21(29)19-12-18(24-27(19)14-23-26)15-8-10-16(22)11-9-15/h3-12,14H,2,13H2,1H3.